The molecule has 33 heavy (non-hydrogen) atoms. The third-order valence-electron chi connectivity index (χ3n) is 5.46. The molecule has 1 aliphatic heterocycles. The van der Waals surface area contributed by atoms with Crippen LogP contribution in [-0.4, -0.2) is 38.7 Å². The lowest BCUT2D eigenvalue weighted by Crippen LogP contribution is -2.38. The number of furan rings is 1. The summed E-state index contributed by atoms with van der Waals surface area (Å²) in [4.78, 5) is 24.9. The first-order chi connectivity index (χ1) is 15.7. The van der Waals surface area contributed by atoms with E-state index in [1.807, 2.05) is 19.1 Å². The number of halogens is 1. The van der Waals surface area contributed by atoms with Crippen LogP contribution in [0.5, 0.6) is 5.75 Å². The molecule has 8 nitrogen and oxygen atoms in total. The summed E-state index contributed by atoms with van der Waals surface area (Å²) in [5.41, 5.74) is -1.04. The van der Waals surface area contributed by atoms with Crippen LogP contribution in [-0.2, 0) is 11.0 Å². The number of anilines is 3. The Kier molecular flexibility index (Phi) is 6.90. The predicted octanol–water partition coefficient (Wildman–Crippen LogP) is 3.92. The number of nitrogens with zero attached hydrogens (tertiary/aromatic N) is 1. The van der Waals surface area contributed by atoms with Crippen LogP contribution in [0.1, 0.15) is 30.4 Å². The first kappa shape index (κ1) is 23.9. The Hall–Kier alpha value is -2.27. The number of nitrogens with one attached hydrogen (secondary N) is 2. The number of benzene rings is 1. The van der Waals surface area contributed by atoms with E-state index in [2.05, 4.69) is 10.6 Å². The van der Waals surface area contributed by atoms with Crippen LogP contribution in [0.2, 0.25) is 5.02 Å². The molecule has 2 aromatic carbocycles. The molecule has 1 aromatic heterocycles. The fourth-order valence-corrected chi connectivity index (χ4v) is 6.36. The Balaban J connectivity index is 1.67. The lowest BCUT2D eigenvalue weighted by atomic mass is 10.0. The number of thioether (sulfide) groups is 1. The molecule has 1 aliphatic rings. The second kappa shape index (κ2) is 9.54. The number of phenolic OH excluding ortho intramolecular Hbond substituents is 1. The fourth-order valence-electron chi connectivity index (χ4n) is 3.77. The molecule has 3 aromatic rings. The van der Waals surface area contributed by atoms with E-state index in [4.69, 9.17) is 16.0 Å². The summed E-state index contributed by atoms with van der Waals surface area (Å²) in [5.74, 6) is 2.13. The van der Waals surface area contributed by atoms with Gasteiger partial charge in [-0.1, -0.05) is 11.6 Å². The topological polar surface area (TPSA) is 112 Å². The van der Waals surface area contributed by atoms with Crippen molar-refractivity contribution in [2.75, 3.05) is 30.5 Å². The van der Waals surface area contributed by atoms with Crippen molar-refractivity contribution in [3.05, 3.63) is 61.3 Å². The van der Waals surface area contributed by atoms with E-state index < -0.39 is 21.8 Å². The summed E-state index contributed by atoms with van der Waals surface area (Å²) in [6.07, 6.45) is 2.02. The highest BCUT2D eigenvalue weighted by Gasteiger charge is 2.33. The average molecular weight is 510 g/mol. The minimum Gasteiger partial charge on any atom is -0.504 e. The lowest BCUT2D eigenvalue weighted by molar-refractivity contribution is 0.449. The average Bonchev–Trinajstić information content (AvgIpc) is 3.46. The standard InChI is InChI=1S/C22H24ClN3O5S2/c1-11-6-9-14(31-11)16(15-5-4-10-32-15)25-18-17(20(28)21(18)29)24-13-8-7-12(23)22(19(13)27)33(30)26(2)3/h6-9,15-16,24-25,27H,4-5,10H2,1-3H3. The SMILES string of the molecule is Cc1ccc(C(Nc2c(Nc3ccc(Cl)c(S(=O)N(C)C)c3O)c(=O)c2=O)C2CCCS2)o1. The summed E-state index contributed by atoms with van der Waals surface area (Å²) >= 11 is 7.95. The predicted molar refractivity (Wildman–Crippen MR) is 133 cm³/mol. The smallest absolute Gasteiger partial charge is 0.253 e. The Morgan fingerprint density at radius 3 is 2.55 bits per heavy atom. The molecule has 3 atom stereocenters. The van der Waals surface area contributed by atoms with Crippen molar-refractivity contribution in [2.24, 2.45) is 0 Å². The van der Waals surface area contributed by atoms with Crippen LogP contribution >= 0.6 is 23.4 Å². The molecule has 1 saturated heterocycles. The zero-order valence-corrected chi connectivity index (χ0v) is 20.7. The summed E-state index contributed by atoms with van der Waals surface area (Å²) in [6.45, 7) is 1.85. The van der Waals surface area contributed by atoms with Crippen molar-refractivity contribution in [1.82, 2.24) is 4.31 Å². The van der Waals surface area contributed by atoms with Crippen LogP contribution in [0.3, 0.4) is 0 Å². The molecule has 4 rings (SSSR count). The second-order valence-corrected chi connectivity index (χ2v) is 11.4. The number of rotatable bonds is 8. The Bertz CT molecular complexity index is 1280. The monoisotopic (exact) mass is 509 g/mol. The quantitative estimate of drug-likeness (QED) is 0.309. The highest BCUT2D eigenvalue weighted by Crippen LogP contribution is 2.41. The van der Waals surface area contributed by atoms with E-state index in [0.717, 1.165) is 24.4 Å². The van der Waals surface area contributed by atoms with E-state index in [-0.39, 0.29) is 44.0 Å². The van der Waals surface area contributed by atoms with E-state index >= 15 is 0 Å². The summed E-state index contributed by atoms with van der Waals surface area (Å²) < 4.78 is 19.8. The van der Waals surface area contributed by atoms with Crippen molar-refractivity contribution in [3.63, 3.8) is 0 Å². The molecule has 176 valence electrons. The maximum absolute atomic E-state index is 12.5. The Labute approximate surface area is 202 Å². The number of phenols is 1. The minimum absolute atomic E-state index is 0.0196. The van der Waals surface area contributed by atoms with Gasteiger partial charge < -0.3 is 20.2 Å². The van der Waals surface area contributed by atoms with Gasteiger partial charge in [0.15, 0.2) is 5.75 Å². The van der Waals surface area contributed by atoms with E-state index in [0.29, 0.717) is 5.76 Å². The van der Waals surface area contributed by atoms with Gasteiger partial charge in [-0.15, -0.1) is 0 Å². The van der Waals surface area contributed by atoms with E-state index in [1.54, 1.807) is 25.9 Å². The number of aromatic hydroxyl groups is 1. The molecule has 2 heterocycles. The maximum atomic E-state index is 12.5. The zero-order valence-electron chi connectivity index (χ0n) is 18.3. The molecule has 3 unspecified atom stereocenters. The largest absolute Gasteiger partial charge is 0.504 e. The van der Waals surface area contributed by atoms with Gasteiger partial charge in [0, 0.05) is 5.25 Å². The molecule has 0 amide bonds. The van der Waals surface area contributed by atoms with E-state index in [9.17, 15) is 18.9 Å². The van der Waals surface area contributed by atoms with Crippen LogP contribution in [0.25, 0.3) is 0 Å². The molecule has 1 fully saturated rings. The second-order valence-electron chi connectivity index (χ2n) is 7.99. The van der Waals surface area contributed by atoms with Crippen molar-refractivity contribution in [2.45, 2.75) is 36.0 Å². The molecule has 0 aliphatic carbocycles. The fraction of sp³-hybridized carbons (Fsp3) is 0.364. The molecule has 11 heteroatoms. The number of hydrogen-bond donors (Lipinski definition) is 3. The lowest BCUT2D eigenvalue weighted by Gasteiger charge is -2.25. The van der Waals surface area contributed by atoms with Crippen molar-refractivity contribution in [3.8, 4) is 5.75 Å². The van der Waals surface area contributed by atoms with Gasteiger partial charge in [0.2, 0.25) is 0 Å². The summed E-state index contributed by atoms with van der Waals surface area (Å²) in [6, 6.07) is 6.39. The van der Waals surface area contributed by atoms with E-state index in [1.165, 1.54) is 16.4 Å². The van der Waals surface area contributed by atoms with Crippen LogP contribution < -0.4 is 21.5 Å². The maximum Gasteiger partial charge on any atom is 0.253 e. The van der Waals surface area contributed by atoms with Gasteiger partial charge >= 0.3 is 0 Å². The third kappa shape index (κ3) is 4.57. The summed E-state index contributed by atoms with van der Waals surface area (Å²) in [7, 11) is 1.46. The molecule has 0 radical (unpaired) electrons. The van der Waals surface area contributed by atoms with Gasteiger partial charge in [0.05, 0.1) is 16.8 Å². The summed E-state index contributed by atoms with van der Waals surface area (Å²) in [5, 5.41) is 17.1. The Morgan fingerprint density at radius 2 is 1.94 bits per heavy atom. The number of hydrogen-bond acceptors (Lipinski definition) is 8. The van der Waals surface area contributed by atoms with Crippen molar-refractivity contribution < 1.29 is 13.7 Å². The minimum atomic E-state index is -1.71. The molecule has 0 spiro atoms. The Morgan fingerprint density at radius 1 is 1.21 bits per heavy atom. The van der Waals surface area contributed by atoms with Gasteiger partial charge in [-0.2, -0.15) is 11.8 Å². The third-order valence-corrected chi connectivity index (χ3v) is 8.78. The molecule has 3 N–H and O–H groups in total. The molecule has 0 bridgehead atoms. The highest BCUT2D eigenvalue weighted by atomic mass is 35.5. The highest BCUT2D eigenvalue weighted by molar-refractivity contribution is 8.00. The molecular formula is C22H24ClN3O5S2. The van der Waals surface area contributed by atoms with Crippen LogP contribution in [0, 0.1) is 6.92 Å². The van der Waals surface area contributed by atoms with Crippen LogP contribution in [0.15, 0.2) is 43.2 Å². The van der Waals surface area contributed by atoms with Crippen molar-refractivity contribution in [1.29, 1.82) is 0 Å². The van der Waals surface area contributed by atoms with Crippen molar-refractivity contribution >= 4 is 51.4 Å². The van der Waals surface area contributed by atoms with Gasteiger partial charge in [0.1, 0.15) is 38.8 Å². The number of aryl methyl sites for hydroxylation is 1. The van der Waals surface area contributed by atoms with Crippen LogP contribution in [0.4, 0.5) is 17.1 Å². The van der Waals surface area contributed by atoms with Gasteiger partial charge in [-0.3, -0.25) is 9.59 Å². The van der Waals surface area contributed by atoms with Gasteiger partial charge in [0.25, 0.3) is 10.9 Å². The van der Waals surface area contributed by atoms with Gasteiger partial charge in [-0.05, 0) is 63.9 Å². The first-order valence-electron chi connectivity index (χ1n) is 10.3. The normalized spacial score (nSPS) is 18.0. The molecular weight excluding hydrogens is 486 g/mol. The van der Waals surface area contributed by atoms with Gasteiger partial charge in [-0.25, -0.2) is 8.51 Å². The first-order valence-corrected chi connectivity index (χ1v) is 12.9. The zero-order chi connectivity index (χ0) is 23.9. The molecule has 0 saturated carbocycles.